The molecule has 1 fully saturated rings. The molecule has 3 heterocycles. The maximum Gasteiger partial charge on any atom is 1.00 e. The van der Waals surface area contributed by atoms with E-state index in [0.29, 0.717) is 24.2 Å². The Bertz CT molecular complexity index is 1370. The smallest absolute Gasteiger partial charge is 0.420 e. The van der Waals surface area contributed by atoms with Gasteiger partial charge in [-0.15, -0.1) is 0 Å². The first-order valence-corrected chi connectivity index (χ1v) is 13.6. The molecule has 2 aromatic carbocycles. The molecule has 11 heteroatoms. The van der Waals surface area contributed by atoms with Gasteiger partial charge in [-0.1, -0.05) is 53.3 Å². The number of halogens is 3. The van der Waals surface area contributed by atoms with Crippen molar-refractivity contribution < 1.29 is 45.2 Å². The quantitative estimate of drug-likeness (QED) is 0.151. The SMILES string of the molecule is O=[S-](=O)c1ccc(-c2ccc3c(c2)CCNC2OC32)cc1.[CH2-]CC(C[CH2-])CC(=N)c1ccc(C(F)(F)F)cn1.[Li+]. The molecule has 208 valence electrons. The van der Waals surface area contributed by atoms with Crippen LogP contribution in [0, 0.1) is 25.2 Å². The molecule has 3 aromatic rings. The predicted octanol–water partition coefficient (Wildman–Crippen LogP) is 3.49. The second-order valence-corrected chi connectivity index (χ2v) is 10.4. The van der Waals surface area contributed by atoms with Crippen LogP contribution in [0.2, 0.25) is 0 Å². The normalized spacial score (nSPS) is 17.6. The Morgan fingerprint density at radius 2 is 1.75 bits per heavy atom. The Labute approximate surface area is 246 Å². The third-order valence-corrected chi connectivity index (χ3v) is 7.43. The first-order chi connectivity index (χ1) is 18.6. The molecule has 2 N–H and O–H groups in total. The second-order valence-electron chi connectivity index (χ2n) is 9.41. The fourth-order valence-electron chi connectivity index (χ4n) is 4.37. The molecule has 6 nitrogen and oxygen atoms in total. The summed E-state index contributed by atoms with van der Waals surface area (Å²) < 4.78 is 64.4. The topological polar surface area (TPSA) is 95.4 Å². The first-order valence-electron chi connectivity index (χ1n) is 12.5. The van der Waals surface area contributed by atoms with Crippen LogP contribution in [0.15, 0.2) is 65.7 Å². The monoisotopic (exact) mass is 563 g/mol. The van der Waals surface area contributed by atoms with Gasteiger partial charge in [-0.05, 0) is 57.9 Å². The van der Waals surface area contributed by atoms with E-state index in [-0.39, 0.29) is 48.5 Å². The first kappa shape index (κ1) is 32.0. The second kappa shape index (κ2) is 13.9. The Morgan fingerprint density at radius 3 is 2.33 bits per heavy atom. The van der Waals surface area contributed by atoms with Gasteiger partial charge in [0.1, 0.15) is 12.3 Å². The van der Waals surface area contributed by atoms with Crippen LogP contribution in [0.3, 0.4) is 0 Å². The number of rotatable bonds is 7. The third-order valence-electron chi connectivity index (χ3n) is 6.77. The number of ether oxygens (including phenoxy) is 1. The number of fused-ring (bicyclic) bond motifs is 3. The van der Waals surface area contributed by atoms with Crippen molar-refractivity contribution in [2.75, 3.05) is 6.54 Å². The fourth-order valence-corrected chi connectivity index (χ4v) is 4.73. The van der Waals surface area contributed by atoms with Gasteiger partial charge >= 0.3 is 25.0 Å². The number of aromatic nitrogens is 1. The van der Waals surface area contributed by atoms with Gasteiger partial charge in [0.25, 0.3) is 0 Å². The van der Waals surface area contributed by atoms with Crippen molar-refractivity contribution in [3.8, 4) is 11.1 Å². The molecule has 0 saturated carbocycles. The van der Waals surface area contributed by atoms with Crippen molar-refractivity contribution >= 4 is 16.4 Å². The molecule has 1 saturated heterocycles. The zero-order valence-corrected chi connectivity index (χ0v) is 23.0. The van der Waals surface area contributed by atoms with Gasteiger partial charge in [0.05, 0.1) is 17.0 Å². The Balaban J connectivity index is 0.000000219. The molecule has 2 atom stereocenters. The third kappa shape index (κ3) is 8.05. The molecule has 0 bridgehead atoms. The van der Waals surface area contributed by atoms with Gasteiger partial charge in [-0.25, -0.2) is 0 Å². The van der Waals surface area contributed by atoms with E-state index in [1.807, 2.05) is 12.1 Å². The number of hydrogen-bond acceptors (Lipinski definition) is 7. The van der Waals surface area contributed by atoms with Crippen LogP contribution in [0.5, 0.6) is 0 Å². The fraction of sp³-hybridized carbons (Fsp3) is 0.310. The molecule has 0 radical (unpaired) electrons. The predicted molar refractivity (Wildman–Crippen MR) is 142 cm³/mol. The van der Waals surface area contributed by atoms with Crippen molar-refractivity contribution in [2.24, 2.45) is 5.92 Å². The maximum atomic E-state index is 12.3. The summed E-state index contributed by atoms with van der Waals surface area (Å²) in [7, 11) is -2.17. The van der Waals surface area contributed by atoms with Crippen molar-refractivity contribution in [1.82, 2.24) is 10.3 Å². The minimum atomic E-state index is -4.39. The summed E-state index contributed by atoms with van der Waals surface area (Å²) in [5.41, 5.74) is 4.40. The van der Waals surface area contributed by atoms with Crippen LogP contribution >= 0.6 is 0 Å². The van der Waals surface area contributed by atoms with Gasteiger partial charge in [0.2, 0.25) is 0 Å². The van der Waals surface area contributed by atoms with Crippen LogP contribution in [0.4, 0.5) is 13.2 Å². The summed E-state index contributed by atoms with van der Waals surface area (Å²) in [4.78, 5) is 3.99. The van der Waals surface area contributed by atoms with E-state index in [1.165, 1.54) is 17.2 Å². The van der Waals surface area contributed by atoms with Crippen LogP contribution in [0.1, 0.15) is 47.8 Å². The Kier molecular flexibility index (Phi) is 11.2. The van der Waals surface area contributed by atoms with Gasteiger partial charge < -0.3 is 32.4 Å². The van der Waals surface area contributed by atoms with Crippen molar-refractivity contribution in [3.63, 3.8) is 0 Å². The molecule has 2 aliphatic heterocycles. The summed E-state index contributed by atoms with van der Waals surface area (Å²) in [5.74, 6) is 0.168. The van der Waals surface area contributed by atoms with Gasteiger partial charge in [-0.2, -0.15) is 26.0 Å². The molecule has 0 aliphatic carbocycles. The van der Waals surface area contributed by atoms with E-state index in [1.54, 1.807) is 12.1 Å². The van der Waals surface area contributed by atoms with Gasteiger partial charge in [-0.3, -0.25) is 10.3 Å². The molecular formula is C29H29F3LiN3O3S-2. The molecule has 2 unspecified atom stereocenters. The Morgan fingerprint density at radius 1 is 1.07 bits per heavy atom. The zero-order chi connectivity index (χ0) is 28.2. The molecule has 0 spiro atoms. The molecular weight excluding hydrogens is 534 g/mol. The summed E-state index contributed by atoms with van der Waals surface area (Å²) in [5, 5.41) is 11.1. The molecule has 40 heavy (non-hydrogen) atoms. The average Bonchev–Trinajstić information content (AvgIpc) is 3.72. The number of nitrogens with zero attached hydrogens (tertiary/aromatic N) is 1. The number of alkyl halides is 3. The van der Waals surface area contributed by atoms with E-state index in [0.717, 1.165) is 36.4 Å². The molecule has 5 rings (SSSR count). The number of pyridine rings is 1. The largest absolute Gasteiger partial charge is 1.00 e. The minimum Gasteiger partial charge on any atom is -0.420 e. The molecule has 2 aliphatic rings. The number of hydrogen-bond donors (Lipinski definition) is 2. The number of nitrogens with one attached hydrogen (secondary N) is 2. The Hall–Kier alpha value is -2.48. The summed E-state index contributed by atoms with van der Waals surface area (Å²) >= 11 is 0. The van der Waals surface area contributed by atoms with Crippen molar-refractivity contribution in [1.29, 1.82) is 5.41 Å². The van der Waals surface area contributed by atoms with Crippen LogP contribution in [-0.2, 0) is 36.5 Å². The van der Waals surface area contributed by atoms with E-state index >= 15 is 0 Å². The van der Waals surface area contributed by atoms with Crippen LogP contribution < -0.4 is 24.2 Å². The number of benzene rings is 2. The van der Waals surface area contributed by atoms with E-state index in [4.69, 9.17) is 10.1 Å². The van der Waals surface area contributed by atoms with E-state index in [9.17, 15) is 21.6 Å². The van der Waals surface area contributed by atoms with Crippen LogP contribution in [-0.4, -0.2) is 23.5 Å². The van der Waals surface area contributed by atoms with Gasteiger partial charge in [0, 0.05) is 12.7 Å². The maximum absolute atomic E-state index is 12.3. The minimum absolute atomic E-state index is 0. The van der Waals surface area contributed by atoms with Crippen molar-refractivity contribution in [3.05, 3.63) is 97.0 Å². The van der Waals surface area contributed by atoms with E-state index in [2.05, 4.69) is 42.3 Å². The standard InChI is InChI=1S/C16H14NO3S.C13H15F3N2.Li/c18-21(19)13-4-1-10(2-5-13)11-3-6-14-12(9-11)7-8-17-16-15(14)20-16;1-3-9(4-2)7-11(17)12-6-5-10(8-18-12)13(14,15)16;/h1-6,9,15-17H,7-8H2;5-6,8-9,17H,1-4,7H2;/q-1;-2;+1. The van der Waals surface area contributed by atoms with Gasteiger partial charge in [0.15, 0.2) is 0 Å². The summed E-state index contributed by atoms with van der Waals surface area (Å²) in [6.45, 7) is 8.41. The summed E-state index contributed by atoms with van der Waals surface area (Å²) in [6.07, 6.45) is -0.540. The molecule has 1 aromatic heterocycles. The summed E-state index contributed by atoms with van der Waals surface area (Å²) in [6, 6.07) is 15.5. The molecule has 0 amide bonds. The van der Waals surface area contributed by atoms with Crippen molar-refractivity contribution in [2.45, 2.75) is 49.1 Å². The zero-order valence-electron chi connectivity index (χ0n) is 22.2. The van der Waals surface area contributed by atoms with Crippen LogP contribution in [0.25, 0.3) is 11.1 Å². The van der Waals surface area contributed by atoms with E-state index < -0.39 is 22.4 Å². The number of epoxide rings is 1. The average molecular weight is 564 g/mol.